The highest BCUT2D eigenvalue weighted by molar-refractivity contribution is 5.93. The Labute approximate surface area is 134 Å². The monoisotopic (exact) mass is 314 g/mol. The topological polar surface area (TPSA) is 84.5 Å². The molecule has 1 aromatic carbocycles. The van der Waals surface area contributed by atoms with E-state index in [4.69, 9.17) is 5.73 Å². The summed E-state index contributed by atoms with van der Waals surface area (Å²) in [5, 5.41) is 4.95. The van der Waals surface area contributed by atoms with E-state index in [1.807, 2.05) is 36.0 Å². The second-order valence-corrected chi connectivity index (χ2v) is 6.00. The van der Waals surface area contributed by atoms with Crippen molar-refractivity contribution in [3.63, 3.8) is 0 Å². The van der Waals surface area contributed by atoms with Crippen LogP contribution in [0.3, 0.4) is 0 Å². The van der Waals surface area contributed by atoms with Crippen LogP contribution in [0.1, 0.15) is 11.1 Å². The molecule has 0 saturated carbocycles. The average Bonchev–Trinajstić information content (AvgIpc) is 2.86. The Morgan fingerprint density at radius 1 is 1.39 bits per heavy atom. The standard InChI is InChI=1S/C16H20N5O2/c1-19(2)7-8-20-10-13-11(4-6-15(20)22)3-5-14-12(13)9-18-21(14)16(17)23/h3,5-6,9H,4,7-8,10H2,1-2H3,(H2,17,23). The Balaban J connectivity index is 2.00. The van der Waals surface area contributed by atoms with Crippen molar-refractivity contribution in [3.8, 4) is 0 Å². The quantitative estimate of drug-likeness (QED) is 0.900. The maximum absolute atomic E-state index is 12.3. The predicted molar refractivity (Wildman–Crippen MR) is 86.7 cm³/mol. The number of carbonyl (C=O) groups excluding carboxylic acids is 2. The molecule has 7 nitrogen and oxygen atoms in total. The molecule has 1 aliphatic heterocycles. The lowest BCUT2D eigenvalue weighted by atomic mass is 10.0. The first-order valence-corrected chi connectivity index (χ1v) is 7.52. The van der Waals surface area contributed by atoms with Crippen LogP contribution in [0, 0.1) is 6.42 Å². The van der Waals surface area contributed by atoms with Gasteiger partial charge in [0.05, 0.1) is 18.1 Å². The fraction of sp³-hybridized carbons (Fsp3) is 0.375. The summed E-state index contributed by atoms with van der Waals surface area (Å²) in [6, 6.07) is 3.17. The fourth-order valence-electron chi connectivity index (χ4n) is 2.86. The van der Waals surface area contributed by atoms with E-state index < -0.39 is 6.03 Å². The van der Waals surface area contributed by atoms with Crippen molar-refractivity contribution in [1.29, 1.82) is 0 Å². The van der Waals surface area contributed by atoms with E-state index in [1.54, 1.807) is 12.6 Å². The van der Waals surface area contributed by atoms with Crippen molar-refractivity contribution in [2.24, 2.45) is 5.73 Å². The SMILES string of the molecule is CN(C)CCN1Cc2c(ccc3c2cnn3C(N)=O)C[CH]C1=O. The first kappa shape index (κ1) is 15.5. The van der Waals surface area contributed by atoms with Gasteiger partial charge in [-0.15, -0.1) is 0 Å². The third-order valence-electron chi connectivity index (χ3n) is 4.14. The Morgan fingerprint density at radius 3 is 2.87 bits per heavy atom. The first-order valence-electron chi connectivity index (χ1n) is 7.52. The van der Waals surface area contributed by atoms with Crippen LogP contribution in [-0.2, 0) is 17.8 Å². The summed E-state index contributed by atoms with van der Waals surface area (Å²) >= 11 is 0. The number of primary amides is 1. The molecule has 2 amide bonds. The number of carbonyl (C=O) groups is 2. The highest BCUT2D eigenvalue weighted by Crippen LogP contribution is 2.27. The summed E-state index contributed by atoms with van der Waals surface area (Å²) in [6.45, 7) is 1.97. The Bertz CT molecular complexity index is 765. The zero-order valence-corrected chi connectivity index (χ0v) is 13.3. The van der Waals surface area contributed by atoms with E-state index in [0.29, 0.717) is 25.0 Å². The van der Waals surface area contributed by atoms with Crippen LogP contribution in [0.5, 0.6) is 0 Å². The summed E-state index contributed by atoms with van der Waals surface area (Å²) in [5.41, 5.74) is 8.15. The number of nitrogens with two attached hydrogens (primary N) is 1. The van der Waals surface area contributed by atoms with Crippen molar-refractivity contribution in [3.05, 3.63) is 35.9 Å². The Morgan fingerprint density at radius 2 is 2.17 bits per heavy atom. The number of aromatic nitrogens is 2. The second kappa shape index (κ2) is 6.00. The molecule has 121 valence electrons. The number of hydrogen-bond acceptors (Lipinski definition) is 4. The summed E-state index contributed by atoms with van der Waals surface area (Å²) in [5.74, 6) is 0.0403. The molecular weight excluding hydrogens is 294 g/mol. The maximum atomic E-state index is 12.3. The van der Waals surface area contributed by atoms with Gasteiger partial charge in [0.2, 0.25) is 5.91 Å². The molecule has 7 heteroatoms. The number of rotatable bonds is 3. The number of benzene rings is 1. The van der Waals surface area contributed by atoms with Crippen LogP contribution < -0.4 is 5.73 Å². The smallest absolute Gasteiger partial charge is 0.340 e. The molecule has 1 radical (unpaired) electrons. The van der Waals surface area contributed by atoms with Gasteiger partial charge in [0.1, 0.15) is 0 Å². The Hall–Kier alpha value is -2.41. The van der Waals surface area contributed by atoms with Gasteiger partial charge in [0, 0.05) is 25.0 Å². The zero-order chi connectivity index (χ0) is 16.6. The molecule has 2 heterocycles. The van der Waals surface area contributed by atoms with Crippen LogP contribution >= 0.6 is 0 Å². The van der Waals surface area contributed by atoms with E-state index in [2.05, 4.69) is 5.10 Å². The number of fused-ring (bicyclic) bond motifs is 3. The molecular formula is C16H20N5O2. The minimum Gasteiger partial charge on any atom is -0.350 e. The number of likely N-dealkylation sites (N-methyl/N-ethyl adjacent to an activating group) is 1. The molecule has 2 aromatic rings. The molecule has 0 bridgehead atoms. The lowest BCUT2D eigenvalue weighted by Gasteiger charge is -2.23. The third-order valence-corrected chi connectivity index (χ3v) is 4.14. The molecule has 0 unspecified atom stereocenters. The molecule has 23 heavy (non-hydrogen) atoms. The predicted octanol–water partition coefficient (Wildman–Crippen LogP) is 0.614. The lowest BCUT2D eigenvalue weighted by molar-refractivity contribution is -0.128. The van der Waals surface area contributed by atoms with Crippen molar-refractivity contribution >= 4 is 22.8 Å². The van der Waals surface area contributed by atoms with E-state index in [9.17, 15) is 9.59 Å². The highest BCUT2D eigenvalue weighted by atomic mass is 16.2. The minimum absolute atomic E-state index is 0.0403. The van der Waals surface area contributed by atoms with E-state index in [-0.39, 0.29) is 5.91 Å². The Kier molecular flexibility index (Phi) is 4.04. The van der Waals surface area contributed by atoms with E-state index in [0.717, 1.165) is 23.1 Å². The van der Waals surface area contributed by atoms with Crippen LogP contribution in [0.4, 0.5) is 4.79 Å². The normalized spacial score (nSPS) is 15.1. The minimum atomic E-state index is -0.610. The molecule has 0 fully saturated rings. The van der Waals surface area contributed by atoms with Gasteiger partial charge in [-0.25, -0.2) is 4.79 Å². The molecule has 0 aliphatic carbocycles. The van der Waals surface area contributed by atoms with Gasteiger partial charge in [0.15, 0.2) is 0 Å². The third kappa shape index (κ3) is 2.92. The summed E-state index contributed by atoms with van der Waals surface area (Å²) in [4.78, 5) is 27.6. The van der Waals surface area contributed by atoms with Gasteiger partial charge >= 0.3 is 6.03 Å². The van der Waals surface area contributed by atoms with Gasteiger partial charge in [-0.3, -0.25) is 4.79 Å². The van der Waals surface area contributed by atoms with Gasteiger partial charge in [-0.05, 0) is 37.7 Å². The van der Waals surface area contributed by atoms with Gasteiger partial charge in [-0.2, -0.15) is 9.78 Å². The van der Waals surface area contributed by atoms with Crippen LogP contribution in [0.2, 0.25) is 0 Å². The fourth-order valence-corrected chi connectivity index (χ4v) is 2.86. The highest BCUT2D eigenvalue weighted by Gasteiger charge is 2.23. The molecule has 1 aromatic heterocycles. The molecule has 0 spiro atoms. The largest absolute Gasteiger partial charge is 0.350 e. The van der Waals surface area contributed by atoms with Gasteiger partial charge in [0.25, 0.3) is 0 Å². The van der Waals surface area contributed by atoms with Gasteiger partial charge in [-0.1, -0.05) is 6.07 Å². The summed E-state index contributed by atoms with van der Waals surface area (Å²) in [6.07, 6.45) is 3.95. The van der Waals surface area contributed by atoms with Gasteiger partial charge < -0.3 is 15.5 Å². The number of hydrogen-bond donors (Lipinski definition) is 1. The molecule has 0 saturated heterocycles. The summed E-state index contributed by atoms with van der Waals surface area (Å²) in [7, 11) is 3.96. The molecule has 3 rings (SSSR count). The van der Waals surface area contributed by atoms with E-state index >= 15 is 0 Å². The number of nitrogens with zero attached hydrogens (tertiary/aromatic N) is 4. The first-order chi connectivity index (χ1) is 11.0. The lowest BCUT2D eigenvalue weighted by Crippen LogP contribution is -2.35. The van der Waals surface area contributed by atoms with Crippen molar-refractivity contribution in [2.45, 2.75) is 13.0 Å². The average molecular weight is 314 g/mol. The van der Waals surface area contributed by atoms with Crippen LogP contribution in [0.15, 0.2) is 18.3 Å². The molecule has 1 aliphatic rings. The number of amides is 2. The van der Waals surface area contributed by atoms with Crippen molar-refractivity contribution in [2.75, 3.05) is 27.2 Å². The zero-order valence-electron chi connectivity index (χ0n) is 13.3. The van der Waals surface area contributed by atoms with Crippen molar-refractivity contribution in [1.82, 2.24) is 19.6 Å². The molecule has 0 atom stereocenters. The van der Waals surface area contributed by atoms with E-state index in [1.165, 1.54) is 4.68 Å². The second-order valence-electron chi connectivity index (χ2n) is 6.00. The van der Waals surface area contributed by atoms with Crippen molar-refractivity contribution < 1.29 is 9.59 Å². The van der Waals surface area contributed by atoms with Crippen LogP contribution in [-0.4, -0.2) is 58.7 Å². The molecule has 2 N–H and O–H groups in total. The maximum Gasteiger partial charge on any atom is 0.340 e. The summed E-state index contributed by atoms with van der Waals surface area (Å²) < 4.78 is 1.19. The van der Waals surface area contributed by atoms with Crippen LogP contribution in [0.25, 0.3) is 10.9 Å².